The number of benzene rings is 1. The molecule has 1 aliphatic heterocycles. The normalized spacial score (nSPS) is 17.4. The molecule has 16 heavy (non-hydrogen) atoms. The fourth-order valence-corrected chi connectivity index (χ4v) is 2.06. The molecule has 4 heteroatoms. The van der Waals surface area contributed by atoms with Crippen molar-refractivity contribution in [2.75, 3.05) is 26.5 Å². The van der Waals surface area contributed by atoms with Crippen LogP contribution >= 0.6 is 0 Å². The van der Waals surface area contributed by atoms with Crippen molar-refractivity contribution in [2.24, 2.45) is 0 Å². The SMILES string of the molecule is CNc1ccc2c(c1)CCC(NC)(NC)O2. The summed E-state index contributed by atoms with van der Waals surface area (Å²) in [5.41, 5.74) is 2.39. The van der Waals surface area contributed by atoms with Crippen molar-refractivity contribution in [3.8, 4) is 5.75 Å². The molecule has 1 heterocycles. The van der Waals surface area contributed by atoms with Gasteiger partial charge in [-0.05, 0) is 44.3 Å². The molecule has 2 rings (SSSR count). The van der Waals surface area contributed by atoms with Gasteiger partial charge in [-0.25, -0.2) is 0 Å². The van der Waals surface area contributed by atoms with Crippen molar-refractivity contribution in [1.29, 1.82) is 0 Å². The molecule has 0 saturated heterocycles. The summed E-state index contributed by atoms with van der Waals surface area (Å²) < 4.78 is 5.97. The van der Waals surface area contributed by atoms with Crippen molar-refractivity contribution in [2.45, 2.75) is 18.7 Å². The summed E-state index contributed by atoms with van der Waals surface area (Å²) in [6.45, 7) is 0. The molecule has 88 valence electrons. The summed E-state index contributed by atoms with van der Waals surface area (Å²) in [5.74, 6) is 0.530. The van der Waals surface area contributed by atoms with Gasteiger partial charge in [-0.2, -0.15) is 0 Å². The third kappa shape index (κ3) is 1.86. The summed E-state index contributed by atoms with van der Waals surface area (Å²) in [5, 5.41) is 9.51. The van der Waals surface area contributed by atoms with Crippen LogP contribution in [0.15, 0.2) is 18.2 Å². The topological polar surface area (TPSA) is 45.3 Å². The number of nitrogens with one attached hydrogen (secondary N) is 3. The van der Waals surface area contributed by atoms with Crippen LogP contribution in [0.3, 0.4) is 0 Å². The lowest BCUT2D eigenvalue weighted by Crippen LogP contribution is -2.60. The fourth-order valence-electron chi connectivity index (χ4n) is 2.06. The Morgan fingerprint density at radius 1 is 1.19 bits per heavy atom. The lowest BCUT2D eigenvalue weighted by molar-refractivity contribution is -0.00644. The molecule has 0 unspecified atom stereocenters. The molecule has 0 saturated carbocycles. The van der Waals surface area contributed by atoms with Crippen molar-refractivity contribution >= 4 is 5.69 Å². The summed E-state index contributed by atoms with van der Waals surface area (Å²) in [7, 11) is 5.74. The molecule has 0 bridgehead atoms. The first-order valence-corrected chi connectivity index (χ1v) is 5.60. The van der Waals surface area contributed by atoms with Gasteiger partial charge in [0.05, 0.1) is 0 Å². The van der Waals surface area contributed by atoms with Crippen molar-refractivity contribution in [3.05, 3.63) is 23.8 Å². The van der Waals surface area contributed by atoms with Crippen LogP contribution in [0.25, 0.3) is 0 Å². The Morgan fingerprint density at radius 3 is 2.56 bits per heavy atom. The highest BCUT2D eigenvalue weighted by atomic mass is 16.5. The average molecular weight is 221 g/mol. The number of hydrogen-bond donors (Lipinski definition) is 3. The molecule has 1 aromatic rings. The zero-order chi connectivity index (χ0) is 11.6. The number of rotatable bonds is 3. The van der Waals surface area contributed by atoms with Crippen LogP contribution in [-0.2, 0) is 6.42 Å². The maximum Gasteiger partial charge on any atom is 0.217 e. The number of ether oxygens (including phenoxy) is 1. The minimum Gasteiger partial charge on any atom is -0.459 e. The third-order valence-electron chi connectivity index (χ3n) is 3.19. The molecule has 0 atom stereocenters. The van der Waals surface area contributed by atoms with E-state index in [0.29, 0.717) is 0 Å². The Morgan fingerprint density at radius 2 is 1.94 bits per heavy atom. The number of hydrogen-bond acceptors (Lipinski definition) is 4. The monoisotopic (exact) mass is 221 g/mol. The number of aryl methyl sites for hydroxylation is 1. The molecule has 3 N–H and O–H groups in total. The predicted molar refractivity (Wildman–Crippen MR) is 65.8 cm³/mol. The van der Waals surface area contributed by atoms with E-state index in [1.807, 2.05) is 33.3 Å². The van der Waals surface area contributed by atoms with Crippen LogP contribution in [0.1, 0.15) is 12.0 Å². The van der Waals surface area contributed by atoms with E-state index in [1.165, 1.54) is 5.56 Å². The molecule has 4 nitrogen and oxygen atoms in total. The molecule has 0 spiro atoms. The van der Waals surface area contributed by atoms with Gasteiger partial charge in [0.15, 0.2) is 0 Å². The Labute approximate surface area is 96.4 Å². The summed E-state index contributed by atoms with van der Waals surface area (Å²) in [6.07, 6.45) is 1.92. The van der Waals surface area contributed by atoms with Crippen LogP contribution in [0.2, 0.25) is 0 Å². The van der Waals surface area contributed by atoms with E-state index in [2.05, 4.69) is 22.0 Å². The van der Waals surface area contributed by atoms with E-state index in [9.17, 15) is 0 Å². The minimum absolute atomic E-state index is 0.422. The van der Waals surface area contributed by atoms with E-state index in [4.69, 9.17) is 4.74 Å². The van der Waals surface area contributed by atoms with Crippen LogP contribution in [-0.4, -0.2) is 27.0 Å². The average Bonchev–Trinajstić information content (AvgIpc) is 2.37. The summed E-state index contributed by atoms with van der Waals surface area (Å²) >= 11 is 0. The van der Waals surface area contributed by atoms with Gasteiger partial charge in [-0.3, -0.25) is 10.6 Å². The Kier molecular flexibility index (Phi) is 3.03. The summed E-state index contributed by atoms with van der Waals surface area (Å²) in [6, 6.07) is 6.19. The van der Waals surface area contributed by atoms with E-state index in [-0.39, 0.29) is 0 Å². The molecular formula is C12H19N3O. The molecule has 1 aromatic carbocycles. The van der Waals surface area contributed by atoms with Crippen LogP contribution in [0.5, 0.6) is 5.75 Å². The van der Waals surface area contributed by atoms with E-state index in [1.54, 1.807) is 0 Å². The lowest BCUT2D eigenvalue weighted by Gasteiger charge is -2.38. The quantitative estimate of drug-likeness (QED) is 0.670. The summed E-state index contributed by atoms with van der Waals surface area (Å²) in [4.78, 5) is 0. The predicted octanol–water partition coefficient (Wildman–Crippen LogP) is 1.15. The van der Waals surface area contributed by atoms with Crippen molar-refractivity contribution in [3.63, 3.8) is 0 Å². The number of anilines is 1. The zero-order valence-corrected chi connectivity index (χ0v) is 10.1. The minimum atomic E-state index is -0.422. The first-order valence-electron chi connectivity index (χ1n) is 5.60. The van der Waals surface area contributed by atoms with Crippen LogP contribution in [0.4, 0.5) is 5.69 Å². The van der Waals surface area contributed by atoms with Crippen molar-refractivity contribution in [1.82, 2.24) is 10.6 Å². The zero-order valence-electron chi connectivity index (χ0n) is 10.1. The van der Waals surface area contributed by atoms with Gasteiger partial charge in [0.25, 0.3) is 0 Å². The highest BCUT2D eigenvalue weighted by Crippen LogP contribution is 2.32. The second kappa shape index (κ2) is 4.31. The lowest BCUT2D eigenvalue weighted by atomic mass is 10.0. The van der Waals surface area contributed by atoms with Gasteiger partial charge in [0.2, 0.25) is 5.85 Å². The first-order chi connectivity index (χ1) is 7.73. The van der Waals surface area contributed by atoms with E-state index < -0.39 is 5.85 Å². The molecule has 0 amide bonds. The molecule has 0 aliphatic carbocycles. The standard InChI is InChI=1S/C12H19N3O/c1-13-10-4-5-11-9(8-10)6-7-12(14-2,15-3)16-11/h4-5,8,13-15H,6-7H2,1-3H3. The maximum absolute atomic E-state index is 5.97. The second-order valence-electron chi connectivity index (χ2n) is 4.00. The first kappa shape index (κ1) is 11.2. The highest BCUT2D eigenvalue weighted by molar-refractivity contribution is 5.51. The molecule has 1 aliphatic rings. The fraction of sp³-hybridized carbons (Fsp3) is 0.500. The Hall–Kier alpha value is -1.26. The van der Waals surface area contributed by atoms with Gasteiger partial charge >= 0.3 is 0 Å². The number of fused-ring (bicyclic) bond motifs is 1. The third-order valence-corrected chi connectivity index (χ3v) is 3.19. The molecule has 0 aromatic heterocycles. The smallest absolute Gasteiger partial charge is 0.217 e. The van der Waals surface area contributed by atoms with Gasteiger partial charge in [-0.1, -0.05) is 0 Å². The Bertz CT molecular complexity index is 375. The maximum atomic E-state index is 5.97. The van der Waals surface area contributed by atoms with Crippen molar-refractivity contribution < 1.29 is 4.74 Å². The molecule has 0 fully saturated rings. The second-order valence-corrected chi connectivity index (χ2v) is 4.00. The molecular weight excluding hydrogens is 202 g/mol. The highest BCUT2D eigenvalue weighted by Gasteiger charge is 2.33. The largest absolute Gasteiger partial charge is 0.459 e. The van der Waals surface area contributed by atoms with Crippen LogP contribution < -0.4 is 20.7 Å². The van der Waals surface area contributed by atoms with Gasteiger partial charge < -0.3 is 10.1 Å². The molecule has 0 radical (unpaired) electrons. The van der Waals surface area contributed by atoms with E-state index in [0.717, 1.165) is 24.3 Å². The van der Waals surface area contributed by atoms with E-state index >= 15 is 0 Å². The van der Waals surface area contributed by atoms with Gasteiger partial charge in [0.1, 0.15) is 5.75 Å². The van der Waals surface area contributed by atoms with Gasteiger partial charge in [0, 0.05) is 19.2 Å². The van der Waals surface area contributed by atoms with Crippen LogP contribution in [0, 0.1) is 0 Å². The Balaban J connectivity index is 2.28. The van der Waals surface area contributed by atoms with Gasteiger partial charge in [-0.15, -0.1) is 0 Å².